The van der Waals surface area contributed by atoms with Crippen molar-refractivity contribution in [2.45, 2.75) is 37.8 Å². The van der Waals surface area contributed by atoms with Crippen LogP contribution in [0.1, 0.15) is 35.2 Å². The molecular formula is C16H18N2O4. The van der Waals surface area contributed by atoms with E-state index in [1.54, 1.807) is 12.1 Å². The molecule has 3 rings (SSSR count). The van der Waals surface area contributed by atoms with Gasteiger partial charge in [0.1, 0.15) is 6.04 Å². The molecule has 0 radical (unpaired) electrons. The van der Waals surface area contributed by atoms with E-state index >= 15 is 0 Å². The van der Waals surface area contributed by atoms with Crippen LogP contribution >= 0.6 is 0 Å². The van der Waals surface area contributed by atoms with Crippen molar-refractivity contribution < 1.29 is 19.1 Å². The monoisotopic (exact) mass is 302 g/mol. The zero-order chi connectivity index (χ0) is 15.5. The molecule has 0 aromatic heterocycles. The first kappa shape index (κ1) is 14.6. The number of benzene rings is 1. The molecule has 2 amide bonds. The standard InChI is InChI=1S/C16H18N2O4/c19-14-12(7-3-4-8-17-14)18-15(20)13-9-10-5-1-2-6-11(10)16(21)22-13/h1-2,5-6,12-13H,3-4,7-9H2,(H,17,19)(H,18,20)/t12-,13-/m0/s1. The van der Waals surface area contributed by atoms with Crippen LogP contribution in [0.5, 0.6) is 0 Å². The Kier molecular flexibility index (Phi) is 4.09. The molecule has 2 atom stereocenters. The van der Waals surface area contributed by atoms with E-state index in [0.29, 0.717) is 24.9 Å². The average molecular weight is 302 g/mol. The highest BCUT2D eigenvalue weighted by Crippen LogP contribution is 2.20. The molecule has 2 N–H and O–H groups in total. The zero-order valence-electron chi connectivity index (χ0n) is 12.1. The van der Waals surface area contributed by atoms with Crippen LogP contribution in [0, 0.1) is 0 Å². The van der Waals surface area contributed by atoms with Crippen molar-refractivity contribution in [1.82, 2.24) is 10.6 Å². The van der Waals surface area contributed by atoms with Gasteiger partial charge in [-0.15, -0.1) is 0 Å². The third-order valence-corrected chi connectivity index (χ3v) is 4.04. The number of fused-ring (bicyclic) bond motifs is 1. The first-order valence-electron chi connectivity index (χ1n) is 7.52. The van der Waals surface area contributed by atoms with Crippen LogP contribution in [0.25, 0.3) is 0 Å². The summed E-state index contributed by atoms with van der Waals surface area (Å²) in [4.78, 5) is 36.1. The second kappa shape index (κ2) is 6.17. The fraction of sp³-hybridized carbons (Fsp3) is 0.438. The smallest absolute Gasteiger partial charge is 0.339 e. The third-order valence-electron chi connectivity index (χ3n) is 4.04. The molecule has 0 aliphatic carbocycles. The van der Waals surface area contributed by atoms with E-state index in [1.165, 1.54) is 0 Å². The van der Waals surface area contributed by atoms with Crippen molar-refractivity contribution in [3.63, 3.8) is 0 Å². The first-order chi connectivity index (χ1) is 10.6. The molecule has 2 aliphatic heterocycles. The van der Waals surface area contributed by atoms with Gasteiger partial charge in [0.2, 0.25) is 5.91 Å². The quantitative estimate of drug-likeness (QED) is 0.782. The highest BCUT2D eigenvalue weighted by Gasteiger charge is 2.33. The van der Waals surface area contributed by atoms with Gasteiger partial charge in [-0.05, 0) is 30.9 Å². The van der Waals surface area contributed by atoms with Gasteiger partial charge in [0, 0.05) is 13.0 Å². The first-order valence-corrected chi connectivity index (χ1v) is 7.52. The summed E-state index contributed by atoms with van der Waals surface area (Å²) in [5, 5.41) is 5.47. The van der Waals surface area contributed by atoms with Crippen LogP contribution in [0.2, 0.25) is 0 Å². The minimum absolute atomic E-state index is 0.173. The fourth-order valence-electron chi connectivity index (χ4n) is 2.82. The van der Waals surface area contributed by atoms with Crippen LogP contribution < -0.4 is 10.6 Å². The Labute approximate surface area is 128 Å². The second-order valence-corrected chi connectivity index (χ2v) is 5.60. The Morgan fingerprint density at radius 3 is 2.91 bits per heavy atom. The SMILES string of the molecule is O=C1O[C@H](C(=O)N[C@H]2CCCCNC2=O)Cc2ccccc21. The minimum atomic E-state index is -0.876. The number of hydrogen-bond acceptors (Lipinski definition) is 4. The van der Waals surface area contributed by atoms with Crippen LogP contribution in [0.3, 0.4) is 0 Å². The van der Waals surface area contributed by atoms with Crippen LogP contribution in [-0.4, -0.2) is 36.5 Å². The predicted octanol–water partition coefficient (Wildman–Crippen LogP) is 0.553. The van der Waals surface area contributed by atoms with Crippen molar-refractivity contribution in [2.24, 2.45) is 0 Å². The summed E-state index contributed by atoms with van der Waals surface area (Å²) in [6.07, 6.45) is 1.84. The Bertz CT molecular complexity index is 614. The highest BCUT2D eigenvalue weighted by atomic mass is 16.5. The van der Waals surface area contributed by atoms with Gasteiger partial charge in [0.05, 0.1) is 5.56 Å². The van der Waals surface area contributed by atoms with Crippen LogP contribution in [0.15, 0.2) is 24.3 Å². The van der Waals surface area contributed by atoms with Gasteiger partial charge in [-0.25, -0.2) is 4.79 Å². The maximum atomic E-state index is 12.3. The number of carbonyl (C=O) groups is 3. The summed E-state index contributed by atoms with van der Waals surface area (Å²) in [7, 11) is 0. The lowest BCUT2D eigenvalue weighted by Crippen LogP contribution is -2.50. The van der Waals surface area contributed by atoms with Gasteiger partial charge >= 0.3 is 5.97 Å². The van der Waals surface area contributed by atoms with Crippen molar-refractivity contribution in [3.8, 4) is 0 Å². The Morgan fingerprint density at radius 2 is 2.05 bits per heavy atom. The Morgan fingerprint density at radius 1 is 1.23 bits per heavy atom. The van der Waals surface area contributed by atoms with Gasteiger partial charge in [0.15, 0.2) is 6.10 Å². The molecule has 1 aromatic rings. The molecule has 116 valence electrons. The number of hydrogen-bond donors (Lipinski definition) is 2. The number of amides is 2. The summed E-state index contributed by atoms with van der Waals surface area (Å²) in [6.45, 7) is 0.636. The van der Waals surface area contributed by atoms with Crippen LogP contribution in [-0.2, 0) is 20.7 Å². The lowest BCUT2D eigenvalue weighted by atomic mass is 9.98. The number of nitrogens with one attached hydrogen (secondary N) is 2. The number of ether oxygens (including phenoxy) is 1. The fourth-order valence-corrected chi connectivity index (χ4v) is 2.82. The number of esters is 1. The Hall–Kier alpha value is -2.37. The van der Waals surface area contributed by atoms with Gasteiger partial charge in [-0.3, -0.25) is 9.59 Å². The largest absolute Gasteiger partial charge is 0.448 e. The number of rotatable bonds is 2. The third kappa shape index (κ3) is 2.95. The second-order valence-electron chi connectivity index (χ2n) is 5.60. The average Bonchev–Trinajstić information content (AvgIpc) is 2.72. The molecule has 0 spiro atoms. The molecule has 1 saturated heterocycles. The molecule has 0 unspecified atom stereocenters. The van der Waals surface area contributed by atoms with E-state index in [0.717, 1.165) is 18.4 Å². The zero-order valence-corrected chi connectivity index (χ0v) is 12.1. The van der Waals surface area contributed by atoms with Crippen molar-refractivity contribution >= 4 is 17.8 Å². The minimum Gasteiger partial charge on any atom is -0.448 e. The predicted molar refractivity (Wildman–Crippen MR) is 78.1 cm³/mol. The summed E-state index contributed by atoms with van der Waals surface area (Å²) >= 11 is 0. The van der Waals surface area contributed by atoms with Gasteiger partial charge < -0.3 is 15.4 Å². The van der Waals surface area contributed by atoms with E-state index in [4.69, 9.17) is 4.74 Å². The summed E-state index contributed by atoms with van der Waals surface area (Å²) in [5.41, 5.74) is 1.29. The van der Waals surface area contributed by atoms with E-state index in [1.807, 2.05) is 12.1 Å². The maximum Gasteiger partial charge on any atom is 0.339 e. The van der Waals surface area contributed by atoms with Gasteiger partial charge in [-0.1, -0.05) is 18.2 Å². The molecule has 1 aromatic carbocycles. The highest BCUT2D eigenvalue weighted by molar-refractivity contribution is 5.96. The van der Waals surface area contributed by atoms with Gasteiger partial charge in [-0.2, -0.15) is 0 Å². The maximum absolute atomic E-state index is 12.3. The van der Waals surface area contributed by atoms with Gasteiger partial charge in [0.25, 0.3) is 5.91 Å². The lowest BCUT2D eigenvalue weighted by molar-refractivity contribution is -0.134. The molecule has 22 heavy (non-hydrogen) atoms. The van der Waals surface area contributed by atoms with E-state index in [2.05, 4.69) is 10.6 Å². The summed E-state index contributed by atoms with van der Waals surface area (Å²) < 4.78 is 5.20. The van der Waals surface area contributed by atoms with E-state index in [9.17, 15) is 14.4 Å². The summed E-state index contributed by atoms with van der Waals surface area (Å²) in [5.74, 6) is -1.08. The van der Waals surface area contributed by atoms with E-state index < -0.39 is 24.0 Å². The van der Waals surface area contributed by atoms with Crippen LogP contribution in [0.4, 0.5) is 0 Å². The molecule has 1 fully saturated rings. The molecule has 6 heteroatoms. The molecule has 2 aliphatic rings. The molecule has 0 bridgehead atoms. The summed E-state index contributed by atoms with van der Waals surface area (Å²) in [6, 6.07) is 6.53. The Balaban J connectivity index is 1.68. The number of carbonyl (C=O) groups excluding carboxylic acids is 3. The van der Waals surface area contributed by atoms with Crippen molar-refractivity contribution in [2.75, 3.05) is 6.54 Å². The van der Waals surface area contributed by atoms with Crippen molar-refractivity contribution in [1.29, 1.82) is 0 Å². The van der Waals surface area contributed by atoms with Crippen molar-refractivity contribution in [3.05, 3.63) is 35.4 Å². The topological polar surface area (TPSA) is 84.5 Å². The normalized spacial score (nSPS) is 24.5. The number of cyclic esters (lactones) is 1. The molecular weight excluding hydrogens is 284 g/mol. The molecule has 2 heterocycles. The lowest BCUT2D eigenvalue weighted by Gasteiger charge is -2.25. The molecule has 0 saturated carbocycles. The van der Waals surface area contributed by atoms with E-state index in [-0.39, 0.29) is 5.91 Å². The molecule has 6 nitrogen and oxygen atoms in total.